The van der Waals surface area contributed by atoms with E-state index >= 15 is 0 Å². The van der Waals surface area contributed by atoms with Crippen molar-refractivity contribution in [2.45, 2.75) is 32.6 Å². The molecule has 2 saturated carbocycles. The van der Waals surface area contributed by atoms with Gasteiger partial charge in [0.2, 0.25) is 5.28 Å². The summed E-state index contributed by atoms with van der Waals surface area (Å²) in [7, 11) is 0. The SMILES string of the molecule is Cc1cc2c(NCC(C3CC3)C3CC3)nc(Cl)nc2s1. The predicted molar refractivity (Wildman–Crippen MR) is 84.6 cm³/mol. The van der Waals surface area contributed by atoms with Crippen LogP contribution >= 0.6 is 22.9 Å². The second-order valence-corrected chi connectivity index (χ2v) is 7.71. The first kappa shape index (κ1) is 12.8. The van der Waals surface area contributed by atoms with Crippen LogP contribution in [0.1, 0.15) is 30.6 Å². The Bertz CT molecular complexity index is 634. The molecule has 5 heteroatoms. The molecule has 4 rings (SSSR count). The molecule has 0 spiro atoms. The second kappa shape index (κ2) is 4.85. The number of nitrogens with zero attached hydrogens (tertiary/aromatic N) is 2. The van der Waals surface area contributed by atoms with Crippen LogP contribution in [-0.2, 0) is 0 Å². The maximum Gasteiger partial charge on any atom is 0.225 e. The highest BCUT2D eigenvalue weighted by Crippen LogP contribution is 2.49. The largest absolute Gasteiger partial charge is 0.369 e. The summed E-state index contributed by atoms with van der Waals surface area (Å²) in [5.74, 6) is 3.65. The van der Waals surface area contributed by atoms with Gasteiger partial charge in [0, 0.05) is 11.4 Å². The van der Waals surface area contributed by atoms with Gasteiger partial charge in [-0.1, -0.05) is 0 Å². The standard InChI is InChI=1S/C15H18ClN3S/c1-8-6-11-13(18-15(16)19-14(11)20-8)17-7-12(9-2-3-9)10-4-5-10/h6,9-10,12H,2-5,7H2,1H3,(H,17,18,19). The first-order chi connectivity index (χ1) is 9.70. The fourth-order valence-corrected chi connectivity index (χ4v) is 4.23. The molecule has 0 unspecified atom stereocenters. The van der Waals surface area contributed by atoms with Crippen LogP contribution in [0.4, 0.5) is 5.82 Å². The maximum atomic E-state index is 6.04. The third kappa shape index (κ3) is 2.51. The summed E-state index contributed by atoms with van der Waals surface area (Å²) in [4.78, 5) is 10.9. The first-order valence-electron chi connectivity index (χ1n) is 7.38. The van der Waals surface area contributed by atoms with E-state index < -0.39 is 0 Å². The number of aromatic nitrogens is 2. The van der Waals surface area contributed by atoms with Crippen molar-refractivity contribution in [3.8, 4) is 0 Å². The van der Waals surface area contributed by atoms with Gasteiger partial charge in [0.1, 0.15) is 10.6 Å². The van der Waals surface area contributed by atoms with E-state index in [1.54, 1.807) is 11.3 Å². The van der Waals surface area contributed by atoms with Gasteiger partial charge in [-0.05, 0) is 68.0 Å². The molecule has 2 aliphatic carbocycles. The lowest BCUT2D eigenvalue weighted by atomic mass is 9.98. The summed E-state index contributed by atoms with van der Waals surface area (Å²) >= 11 is 7.72. The van der Waals surface area contributed by atoms with Crippen LogP contribution in [0.25, 0.3) is 10.2 Å². The Hall–Kier alpha value is -0.870. The zero-order valence-electron chi connectivity index (χ0n) is 11.5. The number of aryl methyl sites for hydroxylation is 1. The molecule has 0 radical (unpaired) electrons. The minimum atomic E-state index is 0.344. The molecule has 0 aliphatic heterocycles. The summed E-state index contributed by atoms with van der Waals surface area (Å²) in [5.41, 5.74) is 0. The number of rotatable bonds is 5. The van der Waals surface area contributed by atoms with Crippen LogP contribution in [0.5, 0.6) is 0 Å². The normalized spacial score (nSPS) is 18.9. The van der Waals surface area contributed by atoms with E-state index in [2.05, 4.69) is 28.3 Å². The first-order valence-corrected chi connectivity index (χ1v) is 8.57. The summed E-state index contributed by atoms with van der Waals surface area (Å²) in [6.07, 6.45) is 5.67. The van der Waals surface area contributed by atoms with E-state index in [0.717, 1.165) is 40.3 Å². The third-order valence-corrected chi connectivity index (χ3v) is 5.56. The Kier molecular flexibility index (Phi) is 3.11. The molecule has 2 aromatic heterocycles. The molecule has 20 heavy (non-hydrogen) atoms. The van der Waals surface area contributed by atoms with Crippen molar-refractivity contribution in [1.82, 2.24) is 9.97 Å². The molecule has 0 aromatic carbocycles. The number of halogens is 1. The smallest absolute Gasteiger partial charge is 0.225 e. The Morgan fingerprint density at radius 3 is 2.65 bits per heavy atom. The van der Waals surface area contributed by atoms with Crippen molar-refractivity contribution in [2.75, 3.05) is 11.9 Å². The fourth-order valence-electron chi connectivity index (χ4n) is 3.13. The molecule has 0 amide bonds. The maximum absolute atomic E-state index is 6.04. The molecule has 2 fully saturated rings. The lowest BCUT2D eigenvalue weighted by molar-refractivity contribution is 0.428. The van der Waals surface area contributed by atoms with Crippen molar-refractivity contribution >= 4 is 39.0 Å². The number of fused-ring (bicyclic) bond motifs is 1. The highest BCUT2D eigenvalue weighted by atomic mass is 35.5. The van der Waals surface area contributed by atoms with Gasteiger partial charge in [-0.15, -0.1) is 11.3 Å². The van der Waals surface area contributed by atoms with Gasteiger partial charge in [-0.3, -0.25) is 0 Å². The number of hydrogen-bond acceptors (Lipinski definition) is 4. The van der Waals surface area contributed by atoms with Gasteiger partial charge in [0.25, 0.3) is 0 Å². The number of thiophene rings is 1. The van der Waals surface area contributed by atoms with Gasteiger partial charge >= 0.3 is 0 Å². The van der Waals surface area contributed by atoms with Crippen LogP contribution in [0.15, 0.2) is 6.07 Å². The quantitative estimate of drug-likeness (QED) is 0.826. The Morgan fingerprint density at radius 1 is 1.30 bits per heavy atom. The molecule has 0 atom stereocenters. The van der Waals surface area contributed by atoms with Crippen molar-refractivity contribution < 1.29 is 0 Å². The van der Waals surface area contributed by atoms with Gasteiger partial charge in [-0.2, -0.15) is 0 Å². The number of hydrogen-bond donors (Lipinski definition) is 1. The van der Waals surface area contributed by atoms with Crippen LogP contribution in [0.3, 0.4) is 0 Å². The van der Waals surface area contributed by atoms with Crippen LogP contribution in [-0.4, -0.2) is 16.5 Å². The van der Waals surface area contributed by atoms with Gasteiger partial charge < -0.3 is 5.32 Å². The van der Waals surface area contributed by atoms with Crippen molar-refractivity contribution in [3.63, 3.8) is 0 Å². The Balaban J connectivity index is 1.57. The van der Waals surface area contributed by atoms with Crippen LogP contribution in [0.2, 0.25) is 5.28 Å². The summed E-state index contributed by atoms with van der Waals surface area (Å²) in [6, 6.07) is 2.15. The Labute approximate surface area is 127 Å². The molecule has 2 aromatic rings. The minimum absolute atomic E-state index is 0.344. The molecule has 0 saturated heterocycles. The average Bonchev–Trinajstić information content (AvgIpc) is 3.28. The van der Waals surface area contributed by atoms with Gasteiger partial charge in [0.05, 0.1) is 5.39 Å². The van der Waals surface area contributed by atoms with E-state index in [0.29, 0.717) is 5.28 Å². The molecule has 2 heterocycles. The van der Waals surface area contributed by atoms with E-state index in [9.17, 15) is 0 Å². The van der Waals surface area contributed by atoms with E-state index in [-0.39, 0.29) is 0 Å². The second-order valence-electron chi connectivity index (χ2n) is 6.14. The van der Waals surface area contributed by atoms with Gasteiger partial charge in [0.15, 0.2) is 0 Å². The predicted octanol–water partition coefficient (Wildman–Crippen LogP) is 4.50. The monoisotopic (exact) mass is 307 g/mol. The zero-order chi connectivity index (χ0) is 13.7. The van der Waals surface area contributed by atoms with Crippen molar-refractivity contribution in [2.24, 2.45) is 17.8 Å². The zero-order valence-corrected chi connectivity index (χ0v) is 13.1. The average molecular weight is 308 g/mol. The summed E-state index contributed by atoms with van der Waals surface area (Å²) in [5, 5.41) is 5.01. The van der Waals surface area contributed by atoms with Crippen LogP contribution in [0, 0.1) is 24.7 Å². The molecule has 3 nitrogen and oxygen atoms in total. The van der Waals surface area contributed by atoms with E-state index in [1.807, 2.05) is 0 Å². The van der Waals surface area contributed by atoms with E-state index in [1.165, 1.54) is 30.6 Å². The molecule has 1 N–H and O–H groups in total. The van der Waals surface area contributed by atoms with Crippen LogP contribution < -0.4 is 5.32 Å². The third-order valence-electron chi connectivity index (χ3n) is 4.45. The molecule has 106 valence electrons. The number of anilines is 1. The lowest BCUT2D eigenvalue weighted by Gasteiger charge is -2.17. The highest BCUT2D eigenvalue weighted by Gasteiger charge is 2.41. The fraction of sp³-hybridized carbons (Fsp3) is 0.600. The molecule has 0 bridgehead atoms. The summed E-state index contributed by atoms with van der Waals surface area (Å²) in [6.45, 7) is 3.13. The topological polar surface area (TPSA) is 37.8 Å². The van der Waals surface area contributed by atoms with Crippen molar-refractivity contribution in [1.29, 1.82) is 0 Å². The van der Waals surface area contributed by atoms with E-state index in [4.69, 9.17) is 11.6 Å². The van der Waals surface area contributed by atoms with Gasteiger partial charge in [-0.25, -0.2) is 9.97 Å². The highest BCUT2D eigenvalue weighted by molar-refractivity contribution is 7.18. The summed E-state index contributed by atoms with van der Waals surface area (Å²) < 4.78 is 0. The molecular formula is C15H18ClN3S. The molecule has 2 aliphatic rings. The van der Waals surface area contributed by atoms with Crippen molar-refractivity contribution in [3.05, 3.63) is 16.2 Å². The lowest BCUT2D eigenvalue weighted by Crippen LogP contribution is -2.19. The minimum Gasteiger partial charge on any atom is -0.369 e. The molecular weight excluding hydrogens is 290 g/mol. The number of nitrogens with one attached hydrogen (secondary N) is 1. The Morgan fingerprint density at radius 2 is 2.00 bits per heavy atom.